The summed E-state index contributed by atoms with van der Waals surface area (Å²) in [6.45, 7) is 0. The molecule has 4 N–H and O–H groups in total. The van der Waals surface area contributed by atoms with E-state index < -0.39 is 23.7 Å². The molecule has 10 heteroatoms. The van der Waals surface area contributed by atoms with E-state index in [-0.39, 0.29) is 34.2 Å². The van der Waals surface area contributed by atoms with E-state index in [2.05, 4.69) is 15.0 Å². The Kier molecular flexibility index (Phi) is 8.88. The number of halogens is 1. The smallest absolute Gasteiger partial charge is 0.273 e. The zero-order chi connectivity index (χ0) is 30.6. The molecule has 0 aliphatic heterocycles. The van der Waals surface area contributed by atoms with Gasteiger partial charge in [0.2, 0.25) is 5.91 Å². The van der Waals surface area contributed by atoms with Gasteiger partial charge in [0.1, 0.15) is 16.7 Å². The van der Waals surface area contributed by atoms with Gasteiger partial charge >= 0.3 is 0 Å². The van der Waals surface area contributed by atoms with Gasteiger partial charge in [-0.15, -0.1) is 0 Å². The summed E-state index contributed by atoms with van der Waals surface area (Å²) in [5, 5.41) is 7.80. The van der Waals surface area contributed by atoms with Crippen LogP contribution >= 0.6 is 11.5 Å². The number of rotatable bonds is 8. The molecule has 0 bridgehead atoms. The maximum atomic E-state index is 14.7. The summed E-state index contributed by atoms with van der Waals surface area (Å²) in [6, 6.07) is 17.6. The van der Waals surface area contributed by atoms with Gasteiger partial charge in [-0.3, -0.25) is 19.3 Å². The second kappa shape index (κ2) is 13.1. The summed E-state index contributed by atoms with van der Waals surface area (Å²) >= 11 is 0.844. The molecule has 228 valence electrons. The number of anilines is 2. The highest BCUT2D eigenvalue weighted by Crippen LogP contribution is 2.37. The molecule has 0 radical (unpaired) electrons. The number of aromatic nitrogens is 1. The minimum atomic E-state index is -1.14. The predicted molar refractivity (Wildman–Crippen MR) is 171 cm³/mol. The van der Waals surface area contributed by atoms with E-state index in [0.29, 0.717) is 11.3 Å². The van der Waals surface area contributed by atoms with Crippen molar-refractivity contribution in [2.45, 2.75) is 75.9 Å². The maximum Gasteiger partial charge on any atom is 0.273 e. The van der Waals surface area contributed by atoms with Gasteiger partial charge in [-0.2, -0.15) is 4.37 Å². The minimum absolute atomic E-state index is 0.00975. The zero-order valence-electron chi connectivity index (χ0n) is 24.4. The fraction of sp³-hybridized carbons (Fsp3) is 0.353. The molecular weight excluding hydrogens is 577 g/mol. The lowest BCUT2D eigenvalue weighted by Crippen LogP contribution is -2.46. The van der Waals surface area contributed by atoms with Crippen LogP contribution in [0.4, 0.5) is 15.8 Å². The molecule has 3 amide bonds. The van der Waals surface area contributed by atoms with Gasteiger partial charge in [0.15, 0.2) is 5.69 Å². The first-order valence-corrected chi connectivity index (χ1v) is 16.1. The summed E-state index contributed by atoms with van der Waals surface area (Å²) in [5.74, 6) is -1.80. The van der Waals surface area contributed by atoms with Crippen molar-refractivity contribution in [1.82, 2.24) is 15.0 Å². The lowest BCUT2D eigenvalue weighted by Gasteiger charge is -2.33. The average molecular weight is 614 g/mol. The highest BCUT2D eigenvalue weighted by Gasteiger charge is 2.38. The van der Waals surface area contributed by atoms with E-state index >= 15 is 0 Å². The average Bonchev–Trinajstić information content (AvgIpc) is 3.70. The first kappa shape index (κ1) is 29.7. The van der Waals surface area contributed by atoms with Crippen LogP contribution in [0.3, 0.4) is 0 Å². The van der Waals surface area contributed by atoms with Crippen molar-refractivity contribution in [2.24, 2.45) is 0 Å². The van der Waals surface area contributed by atoms with Gasteiger partial charge in [-0.1, -0.05) is 80.6 Å². The Morgan fingerprint density at radius 3 is 2.20 bits per heavy atom. The van der Waals surface area contributed by atoms with Crippen LogP contribution < -0.4 is 21.3 Å². The van der Waals surface area contributed by atoms with Gasteiger partial charge in [-0.25, -0.2) is 4.39 Å². The number of amides is 3. The number of hydrogen-bond donors (Lipinski definition) is 3. The van der Waals surface area contributed by atoms with Crippen LogP contribution in [0, 0.1) is 5.82 Å². The summed E-state index contributed by atoms with van der Waals surface area (Å²) in [5.41, 5.74) is 7.42. The monoisotopic (exact) mass is 613 g/mol. The third-order valence-electron chi connectivity index (χ3n) is 8.72. The summed E-state index contributed by atoms with van der Waals surface area (Å²) in [6.07, 6.45) is 8.78. The highest BCUT2D eigenvalue weighted by atomic mass is 32.1. The number of carbonyl (C=O) groups excluding carboxylic acids is 3. The van der Waals surface area contributed by atoms with Crippen LogP contribution in [0.2, 0.25) is 0 Å². The third kappa shape index (κ3) is 6.17. The molecule has 1 aromatic heterocycles. The molecule has 2 aliphatic carbocycles. The number of nitrogens with two attached hydrogens (primary N) is 1. The zero-order valence-corrected chi connectivity index (χ0v) is 25.2. The molecule has 3 aromatic carbocycles. The molecule has 0 saturated heterocycles. The fourth-order valence-electron chi connectivity index (χ4n) is 6.42. The first-order valence-electron chi connectivity index (χ1n) is 15.3. The normalized spacial score (nSPS) is 16.5. The molecule has 2 fully saturated rings. The van der Waals surface area contributed by atoms with Crippen molar-refractivity contribution in [2.75, 3.05) is 10.6 Å². The van der Waals surface area contributed by atoms with Crippen molar-refractivity contribution in [3.63, 3.8) is 0 Å². The van der Waals surface area contributed by atoms with Gasteiger partial charge in [0, 0.05) is 17.5 Å². The third-order valence-corrected chi connectivity index (χ3v) is 9.57. The lowest BCUT2D eigenvalue weighted by atomic mass is 9.95. The Hall–Kier alpha value is -4.31. The van der Waals surface area contributed by atoms with Crippen molar-refractivity contribution in [3.8, 4) is 0 Å². The molecular formula is C34H36FN5O3S. The van der Waals surface area contributed by atoms with E-state index in [1.54, 1.807) is 6.07 Å². The van der Waals surface area contributed by atoms with Crippen LogP contribution in [0.5, 0.6) is 0 Å². The van der Waals surface area contributed by atoms with E-state index in [9.17, 15) is 18.8 Å². The Bertz CT molecular complexity index is 1660. The van der Waals surface area contributed by atoms with Crippen LogP contribution in [-0.4, -0.2) is 34.2 Å². The molecule has 0 spiro atoms. The van der Waals surface area contributed by atoms with Crippen molar-refractivity contribution in [3.05, 3.63) is 88.7 Å². The number of benzene rings is 3. The largest absolute Gasteiger partial charge is 0.395 e. The van der Waals surface area contributed by atoms with Crippen LogP contribution in [0.1, 0.15) is 89.6 Å². The predicted octanol–water partition coefficient (Wildman–Crippen LogP) is 6.53. The van der Waals surface area contributed by atoms with Gasteiger partial charge in [0.05, 0.1) is 11.4 Å². The number of nitrogens with zero attached hydrogens (tertiary/aromatic N) is 2. The number of nitrogen functional groups attached to an aromatic ring is 1. The topological polar surface area (TPSA) is 117 Å². The molecule has 8 nitrogen and oxygen atoms in total. The highest BCUT2D eigenvalue weighted by molar-refractivity contribution is 7.09. The molecule has 4 aromatic rings. The minimum Gasteiger partial charge on any atom is -0.395 e. The Morgan fingerprint density at radius 2 is 1.48 bits per heavy atom. The standard InChI is InChI=1S/C34H36FN5O3S/c35-23-19-17-22(18-20-23)30(33(42)38-25-13-5-6-14-25)40(27-16-8-10-21-9-4-7-15-26(21)27)34(43)31-28(36)29(39-44-31)32(41)37-24-11-2-1-3-12-24/h4,7-10,15-20,24-25,30H,1-3,5-6,11-14,36H2,(H,37,41)(H,38,42). The molecule has 2 saturated carbocycles. The maximum absolute atomic E-state index is 14.7. The van der Waals surface area contributed by atoms with Crippen molar-refractivity contribution in [1.29, 1.82) is 0 Å². The van der Waals surface area contributed by atoms with Gasteiger partial charge < -0.3 is 16.4 Å². The summed E-state index contributed by atoms with van der Waals surface area (Å²) < 4.78 is 18.4. The summed E-state index contributed by atoms with van der Waals surface area (Å²) in [7, 11) is 0. The van der Waals surface area contributed by atoms with E-state index in [1.807, 2.05) is 36.4 Å². The lowest BCUT2D eigenvalue weighted by molar-refractivity contribution is -0.123. The van der Waals surface area contributed by atoms with Crippen molar-refractivity contribution < 1.29 is 18.8 Å². The number of carbonyl (C=O) groups is 3. The first-order chi connectivity index (χ1) is 21.4. The molecule has 44 heavy (non-hydrogen) atoms. The van der Waals surface area contributed by atoms with E-state index in [4.69, 9.17) is 5.73 Å². The molecule has 1 atom stereocenters. The second-order valence-corrected chi connectivity index (χ2v) is 12.5. The van der Waals surface area contributed by atoms with Crippen LogP contribution in [-0.2, 0) is 4.79 Å². The second-order valence-electron chi connectivity index (χ2n) is 11.7. The Labute approximate surface area is 260 Å². The Balaban J connectivity index is 1.44. The quantitative estimate of drug-likeness (QED) is 0.209. The van der Waals surface area contributed by atoms with Crippen LogP contribution in [0.15, 0.2) is 66.7 Å². The van der Waals surface area contributed by atoms with Crippen LogP contribution in [0.25, 0.3) is 10.8 Å². The molecule has 1 heterocycles. The van der Waals surface area contributed by atoms with Gasteiger partial charge in [0.25, 0.3) is 11.8 Å². The molecule has 6 rings (SSSR count). The SMILES string of the molecule is Nc1c(C(=O)NC2CCCCC2)nsc1C(=O)N(c1cccc2ccccc12)C(C(=O)NC1CCCC1)c1ccc(F)cc1. The fourth-order valence-corrected chi connectivity index (χ4v) is 7.16. The molecule has 1 unspecified atom stereocenters. The number of hydrogen-bond acceptors (Lipinski definition) is 6. The van der Waals surface area contributed by atoms with E-state index in [1.165, 1.54) is 29.2 Å². The number of fused-ring (bicyclic) bond motifs is 1. The Morgan fingerprint density at radius 1 is 0.841 bits per heavy atom. The van der Waals surface area contributed by atoms with Gasteiger partial charge in [-0.05, 0) is 66.4 Å². The number of nitrogens with one attached hydrogen (secondary N) is 2. The summed E-state index contributed by atoms with van der Waals surface area (Å²) in [4.78, 5) is 43.6. The van der Waals surface area contributed by atoms with E-state index in [0.717, 1.165) is 80.1 Å². The van der Waals surface area contributed by atoms with Crippen molar-refractivity contribution >= 4 is 51.4 Å². The molecule has 2 aliphatic rings.